The summed E-state index contributed by atoms with van der Waals surface area (Å²) in [6.07, 6.45) is 11.3. The molecule has 1 aromatic rings. The highest BCUT2D eigenvalue weighted by molar-refractivity contribution is 7.09. The van der Waals surface area contributed by atoms with Crippen LogP contribution < -0.4 is 5.32 Å². The molecule has 102 valence electrons. The Labute approximate surface area is 116 Å². The lowest BCUT2D eigenvalue weighted by molar-refractivity contribution is 0.309. The van der Waals surface area contributed by atoms with E-state index in [1.165, 1.54) is 51.4 Å². The van der Waals surface area contributed by atoms with Crippen LogP contribution in [0.2, 0.25) is 0 Å². The second-order valence-corrected chi connectivity index (χ2v) is 6.57. The van der Waals surface area contributed by atoms with Gasteiger partial charge in [-0.15, -0.1) is 11.3 Å². The van der Waals surface area contributed by atoms with Crippen LogP contribution in [-0.4, -0.2) is 12.6 Å². The Balaban J connectivity index is 1.85. The zero-order valence-corrected chi connectivity index (χ0v) is 12.5. The fraction of sp³-hybridized carbons (Fsp3) is 0.750. The molecule has 1 saturated carbocycles. The molecule has 2 rings (SSSR count). The van der Waals surface area contributed by atoms with Crippen molar-refractivity contribution >= 4 is 11.3 Å². The van der Waals surface area contributed by atoms with Crippen molar-refractivity contribution in [3.63, 3.8) is 0 Å². The van der Waals surface area contributed by atoms with Gasteiger partial charge in [0.2, 0.25) is 0 Å². The van der Waals surface area contributed by atoms with Gasteiger partial charge < -0.3 is 5.32 Å². The zero-order valence-electron chi connectivity index (χ0n) is 11.7. The van der Waals surface area contributed by atoms with Crippen molar-refractivity contribution < 1.29 is 0 Å². The molecule has 1 aromatic heterocycles. The average Bonchev–Trinajstić information content (AvgIpc) is 2.75. The van der Waals surface area contributed by atoms with E-state index >= 15 is 0 Å². The summed E-state index contributed by atoms with van der Waals surface area (Å²) in [6.45, 7) is 3.36. The van der Waals surface area contributed by atoms with Crippen LogP contribution in [0.4, 0.5) is 0 Å². The maximum Gasteiger partial charge on any atom is 0.00986 e. The van der Waals surface area contributed by atoms with Crippen LogP contribution in [0.5, 0.6) is 0 Å². The molecule has 1 aliphatic carbocycles. The molecule has 1 fully saturated rings. The molecule has 18 heavy (non-hydrogen) atoms. The van der Waals surface area contributed by atoms with E-state index in [1.807, 2.05) is 11.3 Å². The standard InChI is InChI=1S/C16H27NS/c1-2-17-16(12-11-15-10-7-13-18-15)14-8-5-3-4-6-9-14/h7,10,13-14,16-17H,2-6,8-9,11-12H2,1H3. The van der Waals surface area contributed by atoms with E-state index in [4.69, 9.17) is 0 Å². The smallest absolute Gasteiger partial charge is 0.00986 e. The Morgan fingerprint density at radius 2 is 2.06 bits per heavy atom. The van der Waals surface area contributed by atoms with Crippen molar-refractivity contribution in [1.82, 2.24) is 5.32 Å². The van der Waals surface area contributed by atoms with Crippen molar-refractivity contribution in [1.29, 1.82) is 0 Å². The van der Waals surface area contributed by atoms with Crippen LogP contribution in [0.1, 0.15) is 56.7 Å². The molecule has 1 heterocycles. The van der Waals surface area contributed by atoms with Gasteiger partial charge in [0.05, 0.1) is 0 Å². The van der Waals surface area contributed by atoms with E-state index < -0.39 is 0 Å². The molecule has 0 aliphatic heterocycles. The Morgan fingerprint density at radius 3 is 2.67 bits per heavy atom. The van der Waals surface area contributed by atoms with Crippen molar-refractivity contribution in [3.05, 3.63) is 22.4 Å². The third-order valence-corrected chi connectivity index (χ3v) is 5.15. The maximum absolute atomic E-state index is 3.75. The predicted molar refractivity (Wildman–Crippen MR) is 81.3 cm³/mol. The Hall–Kier alpha value is -0.340. The highest BCUT2D eigenvalue weighted by atomic mass is 32.1. The minimum Gasteiger partial charge on any atom is -0.314 e. The topological polar surface area (TPSA) is 12.0 Å². The monoisotopic (exact) mass is 265 g/mol. The first kappa shape index (κ1) is 14.1. The van der Waals surface area contributed by atoms with E-state index in [0.717, 1.165) is 18.5 Å². The number of hydrogen-bond acceptors (Lipinski definition) is 2. The molecule has 1 N–H and O–H groups in total. The van der Waals surface area contributed by atoms with Crippen LogP contribution in [0, 0.1) is 5.92 Å². The molecule has 1 atom stereocenters. The summed E-state index contributed by atoms with van der Waals surface area (Å²) in [7, 11) is 0. The third kappa shape index (κ3) is 4.40. The number of thiophene rings is 1. The lowest BCUT2D eigenvalue weighted by Crippen LogP contribution is -2.36. The molecule has 0 spiro atoms. The first-order valence-electron chi connectivity index (χ1n) is 7.66. The number of rotatable bonds is 6. The fourth-order valence-corrected chi connectivity index (χ4v) is 3.96. The molecule has 0 saturated heterocycles. The lowest BCUT2D eigenvalue weighted by Gasteiger charge is -2.27. The average molecular weight is 265 g/mol. The van der Waals surface area contributed by atoms with Gasteiger partial charge in [0.15, 0.2) is 0 Å². The Bertz CT molecular complexity index is 299. The second-order valence-electron chi connectivity index (χ2n) is 5.53. The van der Waals surface area contributed by atoms with E-state index in [9.17, 15) is 0 Å². The Kier molecular flexibility index (Phi) is 6.22. The largest absolute Gasteiger partial charge is 0.314 e. The molecule has 2 heteroatoms. The number of hydrogen-bond donors (Lipinski definition) is 1. The van der Waals surface area contributed by atoms with Gasteiger partial charge in [-0.25, -0.2) is 0 Å². The lowest BCUT2D eigenvalue weighted by atomic mass is 9.89. The van der Waals surface area contributed by atoms with Crippen molar-refractivity contribution in [2.45, 2.75) is 64.3 Å². The predicted octanol–water partition coefficient (Wildman–Crippen LogP) is 4.63. The molecular formula is C16H27NS. The molecule has 0 radical (unpaired) electrons. The highest BCUT2D eigenvalue weighted by Gasteiger charge is 2.21. The quantitative estimate of drug-likeness (QED) is 0.740. The molecule has 0 amide bonds. The van der Waals surface area contributed by atoms with Gasteiger partial charge in [0, 0.05) is 10.9 Å². The first-order valence-corrected chi connectivity index (χ1v) is 8.54. The first-order chi connectivity index (χ1) is 8.90. The minimum atomic E-state index is 0.746. The van der Waals surface area contributed by atoms with E-state index in [2.05, 4.69) is 29.8 Å². The zero-order chi connectivity index (χ0) is 12.6. The molecule has 1 nitrogen and oxygen atoms in total. The van der Waals surface area contributed by atoms with Crippen LogP contribution in [-0.2, 0) is 6.42 Å². The highest BCUT2D eigenvalue weighted by Crippen LogP contribution is 2.28. The normalized spacial score (nSPS) is 19.6. The van der Waals surface area contributed by atoms with E-state index in [-0.39, 0.29) is 0 Å². The molecule has 1 unspecified atom stereocenters. The summed E-state index contributed by atoms with van der Waals surface area (Å²) in [6, 6.07) is 5.20. The van der Waals surface area contributed by atoms with Gasteiger partial charge in [-0.05, 0) is 49.6 Å². The second kappa shape index (κ2) is 7.96. The van der Waals surface area contributed by atoms with Gasteiger partial charge in [-0.2, -0.15) is 0 Å². The number of nitrogens with one attached hydrogen (secondary N) is 1. The van der Waals surface area contributed by atoms with Crippen molar-refractivity contribution in [2.24, 2.45) is 5.92 Å². The molecule has 1 aliphatic rings. The molecule has 0 aromatic carbocycles. The third-order valence-electron chi connectivity index (χ3n) is 4.22. The van der Waals surface area contributed by atoms with Gasteiger partial charge in [-0.1, -0.05) is 38.7 Å². The summed E-state index contributed by atoms with van der Waals surface area (Å²) in [5, 5.41) is 5.94. The SMILES string of the molecule is CCNC(CCc1cccs1)C1CCCCCC1. The summed E-state index contributed by atoms with van der Waals surface area (Å²) < 4.78 is 0. The minimum absolute atomic E-state index is 0.746. The summed E-state index contributed by atoms with van der Waals surface area (Å²) in [5.41, 5.74) is 0. The van der Waals surface area contributed by atoms with Crippen LogP contribution in [0.3, 0.4) is 0 Å². The van der Waals surface area contributed by atoms with Gasteiger partial charge in [0.25, 0.3) is 0 Å². The fourth-order valence-electron chi connectivity index (χ4n) is 3.23. The van der Waals surface area contributed by atoms with Gasteiger partial charge >= 0.3 is 0 Å². The maximum atomic E-state index is 3.75. The van der Waals surface area contributed by atoms with Crippen LogP contribution >= 0.6 is 11.3 Å². The van der Waals surface area contributed by atoms with Gasteiger partial charge in [-0.3, -0.25) is 0 Å². The number of aryl methyl sites for hydroxylation is 1. The van der Waals surface area contributed by atoms with E-state index in [0.29, 0.717) is 0 Å². The Morgan fingerprint density at radius 1 is 1.28 bits per heavy atom. The summed E-state index contributed by atoms with van der Waals surface area (Å²) >= 11 is 1.91. The van der Waals surface area contributed by atoms with Crippen LogP contribution in [0.25, 0.3) is 0 Å². The summed E-state index contributed by atoms with van der Waals surface area (Å²) in [4.78, 5) is 1.55. The van der Waals surface area contributed by atoms with Gasteiger partial charge in [0.1, 0.15) is 0 Å². The van der Waals surface area contributed by atoms with Crippen molar-refractivity contribution in [3.8, 4) is 0 Å². The molecular weight excluding hydrogens is 238 g/mol. The molecule has 0 bridgehead atoms. The van der Waals surface area contributed by atoms with E-state index in [1.54, 1.807) is 4.88 Å². The van der Waals surface area contributed by atoms with Crippen molar-refractivity contribution in [2.75, 3.05) is 6.54 Å². The summed E-state index contributed by atoms with van der Waals surface area (Å²) in [5.74, 6) is 0.924. The van der Waals surface area contributed by atoms with Crippen LogP contribution in [0.15, 0.2) is 17.5 Å².